The van der Waals surface area contributed by atoms with Gasteiger partial charge in [-0.15, -0.1) is 11.3 Å². The molecule has 120 valence electrons. The van der Waals surface area contributed by atoms with E-state index < -0.39 is 0 Å². The highest BCUT2D eigenvalue weighted by Crippen LogP contribution is 2.35. The molecule has 9 heteroatoms. The van der Waals surface area contributed by atoms with Gasteiger partial charge in [0.2, 0.25) is 0 Å². The maximum atomic E-state index is 9.28. The summed E-state index contributed by atoms with van der Waals surface area (Å²) in [5, 5.41) is 16.1. The van der Waals surface area contributed by atoms with Crippen LogP contribution in [0.25, 0.3) is 0 Å². The number of nitrogens with zero attached hydrogens (tertiary/aromatic N) is 4. The molecule has 0 spiro atoms. The highest BCUT2D eigenvalue weighted by molar-refractivity contribution is 9.10. The molecule has 3 aromatic heterocycles. The summed E-state index contributed by atoms with van der Waals surface area (Å²) in [6.45, 7) is 1.92. The molecule has 0 atom stereocenters. The number of thiazole rings is 1. The van der Waals surface area contributed by atoms with Crippen molar-refractivity contribution in [2.75, 3.05) is 5.32 Å². The summed E-state index contributed by atoms with van der Waals surface area (Å²) in [5.41, 5.74) is 1.74. The lowest BCUT2D eigenvalue weighted by molar-refractivity contribution is 0.271. The topological polar surface area (TPSA) is 75.9 Å². The summed E-state index contributed by atoms with van der Waals surface area (Å²) in [5.74, 6) is 0.723. The molecule has 3 heterocycles. The quantitative estimate of drug-likeness (QED) is 0.665. The van der Waals surface area contributed by atoms with E-state index in [0.29, 0.717) is 0 Å². The molecule has 0 aromatic carbocycles. The highest BCUT2D eigenvalue weighted by atomic mass is 79.9. The zero-order valence-electron chi connectivity index (χ0n) is 12.4. The third kappa shape index (κ3) is 3.74. The van der Waals surface area contributed by atoms with E-state index in [1.54, 1.807) is 12.4 Å². The van der Waals surface area contributed by atoms with Crippen LogP contribution >= 0.6 is 39.0 Å². The summed E-state index contributed by atoms with van der Waals surface area (Å²) in [4.78, 5) is 14.1. The van der Waals surface area contributed by atoms with Crippen LogP contribution < -0.4 is 5.32 Å². The number of rotatable bonds is 5. The first kappa shape index (κ1) is 16.4. The van der Waals surface area contributed by atoms with Crippen LogP contribution in [0.3, 0.4) is 0 Å². The molecule has 0 unspecified atom stereocenters. The van der Waals surface area contributed by atoms with E-state index in [9.17, 15) is 5.11 Å². The van der Waals surface area contributed by atoms with Crippen molar-refractivity contribution in [2.24, 2.45) is 7.05 Å². The summed E-state index contributed by atoms with van der Waals surface area (Å²) in [7, 11) is 1.88. The smallest absolute Gasteiger partial charge is 0.188 e. The average Bonchev–Trinajstić information content (AvgIpc) is 3.08. The average molecular weight is 412 g/mol. The molecule has 2 N–H and O–H groups in total. The van der Waals surface area contributed by atoms with Crippen molar-refractivity contribution in [2.45, 2.75) is 23.6 Å². The molecule has 0 saturated carbocycles. The summed E-state index contributed by atoms with van der Waals surface area (Å²) in [6, 6.07) is 1.98. The second kappa shape index (κ2) is 7.00. The fourth-order valence-electron chi connectivity index (χ4n) is 1.87. The molecule has 0 fully saturated rings. The molecule has 3 rings (SSSR count). The Kier molecular flexibility index (Phi) is 5.00. The van der Waals surface area contributed by atoms with Crippen LogP contribution in [-0.4, -0.2) is 24.6 Å². The Labute approximate surface area is 150 Å². The Morgan fingerprint density at radius 3 is 2.87 bits per heavy atom. The Balaban J connectivity index is 1.91. The SMILES string of the molecule is Cc1csc(Nc2ncc(Br)cc2Sc2ncc(CO)n2C)n1. The van der Waals surface area contributed by atoms with Crippen molar-refractivity contribution in [1.82, 2.24) is 19.5 Å². The molecule has 23 heavy (non-hydrogen) atoms. The molecule has 0 amide bonds. The van der Waals surface area contributed by atoms with Crippen molar-refractivity contribution in [3.05, 3.63) is 39.7 Å². The van der Waals surface area contributed by atoms with Crippen LogP contribution in [0.5, 0.6) is 0 Å². The number of aliphatic hydroxyl groups excluding tert-OH is 1. The van der Waals surface area contributed by atoms with Crippen molar-refractivity contribution in [3.63, 3.8) is 0 Å². The molecular weight excluding hydrogens is 398 g/mol. The van der Waals surface area contributed by atoms with Crippen LogP contribution in [0.15, 0.2) is 38.4 Å². The van der Waals surface area contributed by atoms with Crippen LogP contribution in [-0.2, 0) is 13.7 Å². The van der Waals surface area contributed by atoms with E-state index >= 15 is 0 Å². The standard InChI is InChI=1S/C14H14BrN5OS2/c1-8-7-22-13(18-8)19-12-11(3-9(15)4-16-12)23-14-17-5-10(6-21)20(14)2/h3-5,7,21H,6H2,1-2H3,(H,16,18,19). The lowest BCUT2D eigenvalue weighted by Gasteiger charge is -2.09. The molecule has 6 nitrogen and oxygen atoms in total. The monoisotopic (exact) mass is 411 g/mol. The van der Waals surface area contributed by atoms with Gasteiger partial charge in [0.05, 0.1) is 29.1 Å². The number of halogens is 1. The van der Waals surface area contributed by atoms with Crippen LogP contribution in [0.1, 0.15) is 11.4 Å². The van der Waals surface area contributed by atoms with Gasteiger partial charge in [-0.05, 0) is 40.7 Å². The second-order valence-corrected chi connectivity index (χ2v) is 7.55. The Hall–Kier alpha value is -1.42. The van der Waals surface area contributed by atoms with Gasteiger partial charge >= 0.3 is 0 Å². The largest absolute Gasteiger partial charge is 0.390 e. The minimum atomic E-state index is -0.0374. The van der Waals surface area contributed by atoms with Gasteiger partial charge in [0, 0.05) is 23.1 Å². The van der Waals surface area contributed by atoms with Gasteiger partial charge in [-0.25, -0.2) is 15.0 Å². The van der Waals surface area contributed by atoms with E-state index in [4.69, 9.17) is 0 Å². The molecule has 0 saturated heterocycles. The number of aliphatic hydroxyl groups is 1. The van der Waals surface area contributed by atoms with E-state index in [1.807, 2.05) is 30.0 Å². The number of imidazole rings is 1. The summed E-state index contributed by atoms with van der Waals surface area (Å²) in [6.07, 6.45) is 3.41. The number of nitrogens with one attached hydrogen (secondary N) is 1. The molecule has 3 aromatic rings. The lowest BCUT2D eigenvalue weighted by atomic mass is 10.4. The van der Waals surface area contributed by atoms with E-state index in [0.717, 1.165) is 36.9 Å². The first-order valence-electron chi connectivity index (χ1n) is 6.71. The van der Waals surface area contributed by atoms with Crippen molar-refractivity contribution >= 4 is 50.0 Å². The van der Waals surface area contributed by atoms with Gasteiger partial charge < -0.3 is 15.0 Å². The molecule has 0 aliphatic carbocycles. The molecule has 0 bridgehead atoms. The second-order valence-electron chi connectivity index (χ2n) is 4.77. The minimum absolute atomic E-state index is 0.0374. The molecule has 0 aliphatic heterocycles. The first-order valence-corrected chi connectivity index (χ1v) is 9.19. The minimum Gasteiger partial charge on any atom is -0.390 e. The number of hydrogen-bond acceptors (Lipinski definition) is 7. The summed E-state index contributed by atoms with van der Waals surface area (Å²) < 4.78 is 2.75. The van der Waals surface area contributed by atoms with Crippen molar-refractivity contribution < 1.29 is 5.11 Å². The third-order valence-electron chi connectivity index (χ3n) is 3.07. The van der Waals surface area contributed by atoms with Crippen molar-refractivity contribution in [3.8, 4) is 0 Å². The number of aryl methyl sites for hydroxylation is 1. The maximum absolute atomic E-state index is 9.28. The number of hydrogen-bond donors (Lipinski definition) is 2. The fraction of sp³-hybridized carbons (Fsp3) is 0.214. The van der Waals surface area contributed by atoms with E-state index in [2.05, 4.69) is 36.2 Å². The van der Waals surface area contributed by atoms with Gasteiger partial charge in [-0.3, -0.25) is 0 Å². The number of anilines is 2. The Morgan fingerprint density at radius 1 is 1.39 bits per heavy atom. The number of aromatic nitrogens is 4. The molecule has 0 aliphatic rings. The van der Waals surface area contributed by atoms with Crippen LogP contribution in [0, 0.1) is 6.92 Å². The van der Waals surface area contributed by atoms with Gasteiger partial charge in [0.1, 0.15) is 5.82 Å². The van der Waals surface area contributed by atoms with Gasteiger partial charge in [0.25, 0.3) is 0 Å². The van der Waals surface area contributed by atoms with E-state index in [1.165, 1.54) is 23.1 Å². The van der Waals surface area contributed by atoms with Crippen molar-refractivity contribution in [1.29, 1.82) is 0 Å². The highest BCUT2D eigenvalue weighted by Gasteiger charge is 2.13. The fourth-order valence-corrected chi connectivity index (χ4v) is 3.98. The van der Waals surface area contributed by atoms with Gasteiger partial charge in [0.15, 0.2) is 10.3 Å². The summed E-state index contributed by atoms with van der Waals surface area (Å²) >= 11 is 6.47. The Bertz CT molecular complexity index is 832. The predicted octanol–water partition coefficient (Wildman–Crippen LogP) is 3.73. The third-order valence-corrected chi connectivity index (χ3v) is 5.47. The van der Waals surface area contributed by atoms with E-state index in [-0.39, 0.29) is 6.61 Å². The zero-order valence-corrected chi connectivity index (χ0v) is 15.7. The van der Waals surface area contributed by atoms with Gasteiger partial charge in [-0.2, -0.15) is 0 Å². The normalized spacial score (nSPS) is 11.0. The van der Waals surface area contributed by atoms with Crippen LogP contribution in [0.2, 0.25) is 0 Å². The molecule has 0 radical (unpaired) electrons. The lowest BCUT2D eigenvalue weighted by Crippen LogP contribution is -1.99. The van der Waals surface area contributed by atoms with Crippen LogP contribution in [0.4, 0.5) is 10.9 Å². The molecular formula is C14H14BrN5OS2. The van der Waals surface area contributed by atoms with Gasteiger partial charge in [-0.1, -0.05) is 0 Å². The number of pyridine rings is 1. The maximum Gasteiger partial charge on any atom is 0.188 e. The Morgan fingerprint density at radius 2 is 2.22 bits per heavy atom. The first-order chi connectivity index (χ1) is 11.1. The zero-order chi connectivity index (χ0) is 16.4. The predicted molar refractivity (Wildman–Crippen MR) is 95.3 cm³/mol.